The Kier molecular flexibility index (Phi) is 7.76. The fourth-order valence-corrected chi connectivity index (χ4v) is 2.51. The Labute approximate surface area is 156 Å². The Bertz CT molecular complexity index is 815. The molecule has 0 aliphatic rings. The molecule has 0 amide bonds. The predicted molar refractivity (Wildman–Crippen MR) is 93.5 cm³/mol. The molecule has 2 atom stereocenters. The van der Waals surface area contributed by atoms with E-state index in [4.69, 9.17) is 4.74 Å². The number of nitrogens with one attached hydrogen (secondary N) is 2. The van der Waals surface area contributed by atoms with Crippen LogP contribution in [0.4, 0.5) is 14.5 Å². The number of hydrogen-bond acceptors (Lipinski definition) is 7. The maximum atomic E-state index is 13.6. The maximum absolute atomic E-state index is 13.6. The smallest absolute Gasteiger partial charge is 0.287 e. The van der Waals surface area contributed by atoms with E-state index < -0.39 is 23.0 Å². The van der Waals surface area contributed by atoms with E-state index in [1.165, 1.54) is 19.1 Å². The van der Waals surface area contributed by atoms with Crippen molar-refractivity contribution in [2.45, 2.75) is 20.0 Å². The van der Waals surface area contributed by atoms with Gasteiger partial charge in [-0.15, -0.1) is 0 Å². The van der Waals surface area contributed by atoms with Gasteiger partial charge in [-0.1, -0.05) is 6.92 Å². The highest BCUT2D eigenvalue weighted by Gasteiger charge is 2.19. The van der Waals surface area contributed by atoms with Gasteiger partial charge in [0.15, 0.2) is 5.84 Å². The standard InChI is InChI=1S/C15H19F2N5O4S/c1-3-27(24)18-6-7-25-15-13(21-26-22-15)14(20-23)19-10-4-5-12(17)11(8-10)9(2)16/h4-5,8-9,18,23H,3,6-7H2,1-2H3,(H,19,20). The molecule has 0 bridgehead atoms. The average Bonchev–Trinajstić information content (AvgIpc) is 3.12. The van der Waals surface area contributed by atoms with Gasteiger partial charge in [-0.2, -0.15) is 0 Å². The first-order chi connectivity index (χ1) is 13.0. The van der Waals surface area contributed by atoms with Gasteiger partial charge in [-0.25, -0.2) is 27.3 Å². The van der Waals surface area contributed by atoms with Gasteiger partial charge in [0.2, 0.25) is 5.69 Å². The summed E-state index contributed by atoms with van der Waals surface area (Å²) in [7, 11) is -1.15. The lowest BCUT2D eigenvalue weighted by Gasteiger charge is -2.07. The van der Waals surface area contributed by atoms with Crippen LogP contribution in [0.5, 0.6) is 5.88 Å². The summed E-state index contributed by atoms with van der Waals surface area (Å²) >= 11 is 0. The lowest BCUT2D eigenvalue weighted by atomic mass is 10.1. The summed E-state index contributed by atoms with van der Waals surface area (Å²) in [5.41, 5.74) is 1.78. The number of benzene rings is 1. The second kappa shape index (κ2) is 10.0. The lowest BCUT2D eigenvalue weighted by molar-refractivity contribution is 0.233. The number of aliphatic imine (C=N–C) groups is 1. The van der Waals surface area contributed by atoms with Crippen LogP contribution in [-0.4, -0.2) is 44.5 Å². The third-order valence-electron chi connectivity index (χ3n) is 3.30. The fourth-order valence-electron chi connectivity index (χ4n) is 1.99. The third-order valence-corrected chi connectivity index (χ3v) is 4.35. The second-order valence-electron chi connectivity index (χ2n) is 5.19. The first-order valence-electron chi connectivity index (χ1n) is 7.96. The highest BCUT2D eigenvalue weighted by Crippen LogP contribution is 2.26. The molecule has 0 saturated heterocycles. The molecule has 0 saturated carbocycles. The zero-order chi connectivity index (χ0) is 19.8. The van der Waals surface area contributed by atoms with Gasteiger partial charge in [0.25, 0.3) is 5.88 Å². The highest BCUT2D eigenvalue weighted by molar-refractivity contribution is 7.82. The number of nitrogens with zero attached hydrogens (tertiary/aromatic N) is 3. The average molecular weight is 403 g/mol. The number of aromatic nitrogens is 2. The minimum Gasteiger partial charge on any atom is -0.472 e. The molecule has 2 rings (SSSR count). The van der Waals surface area contributed by atoms with Crippen LogP contribution in [0.2, 0.25) is 0 Å². The summed E-state index contributed by atoms with van der Waals surface area (Å²) < 4.78 is 51.0. The van der Waals surface area contributed by atoms with Crippen molar-refractivity contribution in [3.63, 3.8) is 0 Å². The molecule has 0 aliphatic carbocycles. The normalized spacial score (nSPS) is 14.0. The van der Waals surface area contributed by atoms with Gasteiger partial charge in [-0.3, -0.25) is 10.7 Å². The Hall–Kier alpha value is -2.44. The van der Waals surface area contributed by atoms with Crippen molar-refractivity contribution < 1.29 is 27.6 Å². The molecular formula is C15H19F2N5O4S. The van der Waals surface area contributed by atoms with Gasteiger partial charge in [0, 0.05) is 17.9 Å². The van der Waals surface area contributed by atoms with Crippen LogP contribution in [-0.2, 0) is 11.0 Å². The maximum Gasteiger partial charge on any atom is 0.287 e. The van der Waals surface area contributed by atoms with Crippen LogP contribution in [0.1, 0.15) is 31.3 Å². The molecule has 0 spiro atoms. The monoisotopic (exact) mass is 403 g/mol. The van der Waals surface area contributed by atoms with E-state index in [0.29, 0.717) is 5.75 Å². The van der Waals surface area contributed by atoms with Crippen LogP contribution < -0.4 is 14.9 Å². The molecule has 12 heteroatoms. The summed E-state index contributed by atoms with van der Waals surface area (Å²) in [4.78, 5) is 4.05. The van der Waals surface area contributed by atoms with Crippen molar-refractivity contribution in [1.82, 2.24) is 20.5 Å². The predicted octanol–water partition coefficient (Wildman–Crippen LogP) is 1.95. The van der Waals surface area contributed by atoms with Gasteiger partial charge < -0.3 is 4.74 Å². The minimum atomic E-state index is -1.53. The van der Waals surface area contributed by atoms with Gasteiger partial charge >= 0.3 is 0 Å². The molecule has 2 aromatic rings. The quantitative estimate of drug-likeness (QED) is 0.253. The first kappa shape index (κ1) is 20.9. The number of hydroxylamine groups is 1. The van der Waals surface area contributed by atoms with Gasteiger partial charge in [0.1, 0.15) is 18.6 Å². The molecule has 9 nitrogen and oxygen atoms in total. The summed E-state index contributed by atoms with van der Waals surface area (Å²) in [6.45, 7) is 3.35. The Balaban J connectivity index is 2.16. The van der Waals surface area contributed by atoms with E-state index in [-0.39, 0.29) is 41.8 Å². The zero-order valence-electron chi connectivity index (χ0n) is 14.6. The molecule has 3 N–H and O–H groups in total. The Morgan fingerprint density at radius 3 is 2.93 bits per heavy atom. The summed E-state index contributed by atoms with van der Waals surface area (Å²) in [5, 5.41) is 16.5. The van der Waals surface area contributed by atoms with Gasteiger partial charge in [0.05, 0.1) is 16.7 Å². The summed E-state index contributed by atoms with van der Waals surface area (Å²) in [6, 6.07) is 3.57. The first-order valence-corrected chi connectivity index (χ1v) is 9.28. The van der Waals surface area contributed by atoms with Crippen molar-refractivity contribution in [2.24, 2.45) is 4.99 Å². The Morgan fingerprint density at radius 2 is 2.26 bits per heavy atom. The van der Waals surface area contributed by atoms with Crippen molar-refractivity contribution in [1.29, 1.82) is 0 Å². The Morgan fingerprint density at radius 1 is 1.48 bits per heavy atom. The highest BCUT2D eigenvalue weighted by atomic mass is 32.2. The number of hydrogen-bond donors (Lipinski definition) is 3. The lowest BCUT2D eigenvalue weighted by Crippen LogP contribution is -2.25. The molecule has 0 aliphatic heterocycles. The zero-order valence-corrected chi connectivity index (χ0v) is 15.4. The topological polar surface area (TPSA) is 122 Å². The van der Waals surface area contributed by atoms with Crippen molar-refractivity contribution in [3.8, 4) is 5.88 Å². The van der Waals surface area contributed by atoms with E-state index in [1.807, 2.05) is 5.48 Å². The fraction of sp³-hybridized carbons (Fsp3) is 0.400. The van der Waals surface area contributed by atoms with E-state index >= 15 is 0 Å². The molecule has 1 heterocycles. The second-order valence-corrected chi connectivity index (χ2v) is 6.75. The molecule has 1 aromatic carbocycles. The molecule has 0 radical (unpaired) electrons. The molecule has 1 aromatic heterocycles. The van der Waals surface area contributed by atoms with E-state index in [9.17, 15) is 18.2 Å². The van der Waals surface area contributed by atoms with E-state index in [0.717, 1.165) is 6.07 Å². The van der Waals surface area contributed by atoms with Crippen molar-refractivity contribution in [3.05, 3.63) is 35.3 Å². The molecule has 2 unspecified atom stereocenters. The van der Waals surface area contributed by atoms with Gasteiger partial charge in [-0.05, 0) is 35.4 Å². The molecular weight excluding hydrogens is 384 g/mol. The van der Waals surface area contributed by atoms with Crippen LogP contribution in [0, 0.1) is 5.82 Å². The molecule has 148 valence electrons. The minimum absolute atomic E-state index is 0.0479. The SMILES string of the molecule is CCS(=O)NCCOc1nonc1C(=Nc1ccc(F)c(C(C)F)c1)NO. The number of rotatable bonds is 9. The van der Waals surface area contributed by atoms with E-state index in [2.05, 4.69) is 24.7 Å². The number of alkyl halides is 1. The molecule has 27 heavy (non-hydrogen) atoms. The molecule has 0 fully saturated rings. The van der Waals surface area contributed by atoms with Crippen LogP contribution in [0.3, 0.4) is 0 Å². The van der Waals surface area contributed by atoms with E-state index in [1.54, 1.807) is 6.92 Å². The van der Waals surface area contributed by atoms with Crippen LogP contribution >= 0.6 is 0 Å². The largest absolute Gasteiger partial charge is 0.472 e. The van der Waals surface area contributed by atoms with Crippen LogP contribution in [0.25, 0.3) is 0 Å². The van der Waals surface area contributed by atoms with Crippen molar-refractivity contribution in [2.75, 3.05) is 18.9 Å². The summed E-state index contributed by atoms with van der Waals surface area (Å²) in [6.07, 6.45) is -1.53. The number of amidine groups is 1. The third kappa shape index (κ3) is 5.77. The number of ether oxygens (including phenoxy) is 1. The number of halogens is 2. The van der Waals surface area contributed by atoms with Crippen LogP contribution in [0.15, 0.2) is 27.8 Å². The van der Waals surface area contributed by atoms with Crippen molar-refractivity contribution >= 4 is 22.5 Å². The summed E-state index contributed by atoms with van der Waals surface area (Å²) in [5.74, 6) is -0.508.